The Morgan fingerprint density at radius 2 is 2.29 bits per heavy atom. The summed E-state index contributed by atoms with van der Waals surface area (Å²) in [5.41, 5.74) is -0.283. The summed E-state index contributed by atoms with van der Waals surface area (Å²) >= 11 is 0. The minimum absolute atomic E-state index is 0.0899. The number of likely N-dealkylation sites (N-methyl/N-ethyl adjacent to an activating group) is 1. The summed E-state index contributed by atoms with van der Waals surface area (Å²) in [5, 5.41) is 3.04. The highest BCUT2D eigenvalue weighted by Crippen LogP contribution is 2.46. The van der Waals surface area contributed by atoms with Gasteiger partial charge in [-0.05, 0) is 19.3 Å². The molecule has 1 saturated heterocycles. The summed E-state index contributed by atoms with van der Waals surface area (Å²) in [6, 6.07) is 0.0968. The zero-order chi connectivity index (χ0) is 12.5. The summed E-state index contributed by atoms with van der Waals surface area (Å²) in [7, 11) is 3.41. The molecule has 1 unspecified atom stereocenters. The van der Waals surface area contributed by atoms with Crippen LogP contribution in [0.4, 0.5) is 0 Å². The van der Waals surface area contributed by atoms with Crippen LogP contribution in [0.5, 0.6) is 0 Å². The quantitative estimate of drug-likeness (QED) is 0.761. The van der Waals surface area contributed by atoms with Crippen LogP contribution in [0.3, 0.4) is 0 Å². The van der Waals surface area contributed by atoms with Crippen molar-refractivity contribution in [3.05, 3.63) is 0 Å². The maximum Gasteiger partial charge on any atom is 0.228 e. The molecule has 5 heteroatoms. The lowest BCUT2D eigenvalue weighted by molar-refractivity contribution is -0.135. The molecular formula is C12H20N2O3. The maximum atomic E-state index is 12.1. The summed E-state index contributed by atoms with van der Waals surface area (Å²) in [5.74, 6) is 0.251. The number of methoxy groups -OCH3 is 1. The molecule has 0 aromatic heterocycles. The number of carbonyl (C=O) groups is 2. The Morgan fingerprint density at radius 3 is 2.82 bits per heavy atom. The largest absolute Gasteiger partial charge is 0.384 e. The summed E-state index contributed by atoms with van der Waals surface area (Å²) in [4.78, 5) is 25.1. The molecule has 2 rings (SSSR count). The van der Waals surface area contributed by atoms with E-state index in [0.717, 1.165) is 19.3 Å². The Balaban J connectivity index is 1.85. The number of nitrogens with one attached hydrogen (secondary N) is 1. The van der Waals surface area contributed by atoms with Crippen molar-refractivity contribution >= 4 is 11.8 Å². The van der Waals surface area contributed by atoms with E-state index in [2.05, 4.69) is 5.32 Å². The Bertz CT molecular complexity index is 326. The highest BCUT2D eigenvalue weighted by atomic mass is 16.5. The molecule has 0 spiro atoms. The molecule has 1 saturated carbocycles. The van der Waals surface area contributed by atoms with Gasteiger partial charge in [0.15, 0.2) is 0 Å². The van der Waals surface area contributed by atoms with Crippen LogP contribution in [0, 0.1) is 5.41 Å². The second-order valence-corrected chi connectivity index (χ2v) is 5.20. The van der Waals surface area contributed by atoms with Gasteiger partial charge in [0, 0.05) is 33.2 Å². The molecule has 5 nitrogen and oxygen atoms in total. The molecule has 0 aromatic carbocycles. The van der Waals surface area contributed by atoms with Crippen LogP contribution in [0.15, 0.2) is 0 Å². The van der Waals surface area contributed by atoms with Crippen molar-refractivity contribution in [3.63, 3.8) is 0 Å². The lowest BCUT2D eigenvalue weighted by Crippen LogP contribution is -2.50. The molecule has 2 fully saturated rings. The van der Waals surface area contributed by atoms with Gasteiger partial charge >= 0.3 is 0 Å². The molecule has 1 aliphatic carbocycles. The van der Waals surface area contributed by atoms with Crippen molar-refractivity contribution < 1.29 is 14.3 Å². The number of carbonyl (C=O) groups excluding carboxylic acids is 2. The summed E-state index contributed by atoms with van der Waals surface area (Å²) in [6.45, 7) is 1.12. The van der Waals surface area contributed by atoms with Crippen LogP contribution >= 0.6 is 0 Å². The third kappa shape index (κ3) is 2.60. The van der Waals surface area contributed by atoms with Gasteiger partial charge in [-0.15, -0.1) is 0 Å². The van der Waals surface area contributed by atoms with E-state index < -0.39 is 0 Å². The molecule has 2 amide bonds. The lowest BCUT2D eigenvalue weighted by Gasteiger charge is -2.31. The van der Waals surface area contributed by atoms with Crippen molar-refractivity contribution in [1.29, 1.82) is 0 Å². The SMILES string of the molecule is COCC1(C(=O)NC2CCC(=O)N(C)C2)CC1. The Morgan fingerprint density at radius 1 is 1.59 bits per heavy atom. The highest BCUT2D eigenvalue weighted by Gasteiger charge is 2.50. The first-order valence-electron chi connectivity index (χ1n) is 6.11. The Kier molecular flexibility index (Phi) is 3.38. The first-order valence-corrected chi connectivity index (χ1v) is 6.11. The van der Waals surface area contributed by atoms with E-state index in [1.165, 1.54) is 0 Å². The van der Waals surface area contributed by atoms with Gasteiger partial charge in [0.25, 0.3) is 0 Å². The van der Waals surface area contributed by atoms with Gasteiger partial charge in [0.1, 0.15) is 0 Å². The Hall–Kier alpha value is -1.10. The molecule has 1 heterocycles. The second kappa shape index (κ2) is 4.64. The van der Waals surface area contributed by atoms with Crippen LogP contribution in [0.2, 0.25) is 0 Å². The van der Waals surface area contributed by atoms with Crippen LogP contribution in [-0.4, -0.2) is 50.1 Å². The highest BCUT2D eigenvalue weighted by molar-refractivity contribution is 5.86. The fraction of sp³-hybridized carbons (Fsp3) is 0.833. The molecule has 1 aliphatic heterocycles. The number of hydrogen-bond acceptors (Lipinski definition) is 3. The zero-order valence-corrected chi connectivity index (χ0v) is 10.5. The number of nitrogens with zero attached hydrogens (tertiary/aromatic N) is 1. The van der Waals surface area contributed by atoms with E-state index in [0.29, 0.717) is 19.6 Å². The average molecular weight is 240 g/mol. The average Bonchev–Trinajstić information content (AvgIpc) is 3.05. The molecule has 96 valence electrons. The topological polar surface area (TPSA) is 58.6 Å². The van der Waals surface area contributed by atoms with Gasteiger partial charge in [0.2, 0.25) is 11.8 Å². The third-order valence-electron chi connectivity index (χ3n) is 3.72. The molecule has 1 N–H and O–H groups in total. The number of piperidine rings is 1. The first kappa shape index (κ1) is 12.4. The van der Waals surface area contributed by atoms with Crippen molar-refractivity contribution in [3.8, 4) is 0 Å². The van der Waals surface area contributed by atoms with E-state index in [4.69, 9.17) is 4.74 Å². The van der Waals surface area contributed by atoms with E-state index in [9.17, 15) is 9.59 Å². The van der Waals surface area contributed by atoms with Gasteiger partial charge in [-0.25, -0.2) is 0 Å². The molecule has 2 aliphatic rings. The van der Waals surface area contributed by atoms with Gasteiger partial charge in [0.05, 0.1) is 12.0 Å². The summed E-state index contributed by atoms with van der Waals surface area (Å²) in [6.07, 6.45) is 3.10. The van der Waals surface area contributed by atoms with E-state index in [1.807, 2.05) is 0 Å². The van der Waals surface area contributed by atoms with Gasteiger partial charge in [-0.3, -0.25) is 9.59 Å². The minimum Gasteiger partial charge on any atom is -0.384 e. The van der Waals surface area contributed by atoms with Crippen LogP contribution in [0.25, 0.3) is 0 Å². The van der Waals surface area contributed by atoms with Gasteiger partial charge < -0.3 is 15.0 Å². The molecule has 0 bridgehead atoms. The first-order chi connectivity index (χ1) is 8.07. The van der Waals surface area contributed by atoms with Crippen molar-refractivity contribution in [1.82, 2.24) is 10.2 Å². The van der Waals surface area contributed by atoms with E-state index >= 15 is 0 Å². The zero-order valence-electron chi connectivity index (χ0n) is 10.5. The van der Waals surface area contributed by atoms with Gasteiger partial charge in [-0.1, -0.05) is 0 Å². The van der Waals surface area contributed by atoms with Crippen molar-refractivity contribution in [2.24, 2.45) is 5.41 Å². The van der Waals surface area contributed by atoms with Crippen molar-refractivity contribution in [2.75, 3.05) is 27.3 Å². The van der Waals surface area contributed by atoms with E-state index in [1.54, 1.807) is 19.1 Å². The summed E-state index contributed by atoms with van der Waals surface area (Å²) < 4.78 is 5.09. The van der Waals surface area contributed by atoms with Crippen LogP contribution < -0.4 is 5.32 Å². The van der Waals surface area contributed by atoms with Crippen molar-refractivity contribution in [2.45, 2.75) is 31.7 Å². The smallest absolute Gasteiger partial charge is 0.228 e. The fourth-order valence-electron chi connectivity index (χ4n) is 2.33. The molecule has 17 heavy (non-hydrogen) atoms. The number of rotatable bonds is 4. The standard InChI is InChI=1S/C12H20N2O3/c1-14-7-9(3-4-10(14)15)13-11(16)12(5-6-12)8-17-2/h9H,3-8H2,1-2H3,(H,13,16). The molecular weight excluding hydrogens is 220 g/mol. The number of likely N-dealkylation sites (tertiary alicyclic amines) is 1. The third-order valence-corrected chi connectivity index (χ3v) is 3.72. The molecule has 0 radical (unpaired) electrons. The number of hydrogen-bond donors (Lipinski definition) is 1. The second-order valence-electron chi connectivity index (χ2n) is 5.20. The van der Waals surface area contributed by atoms with E-state index in [-0.39, 0.29) is 23.3 Å². The number of amides is 2. The number of ether oxygens (including phenoxy) is 1. The van der Waals surface area contributed by atoms with Crippen LogP contribution in [-0.2, 0) is 14.3 Å². The normalized spacial score (nSPS) is 26.8. The lowest BCUT2D eigenvalue weighted by atomic mass is 10.0. The predicted molar refractivity (Wildman–Crippen MR) is 62.3 cm³/mol. The Labute approximate surface area is 101 Å². The molecule has 0 aromatic rings. The van der Waals surface area contributed by atoms with Gasteiger partial charge in [-0.2, -0.15) is 0 Å². The predicted octanol–water partition coefficient (Wildman–Crippen LogP) is 0.150. The van der Waals surface area contributed by atoms with Crippen LogP contribution in [0.1, 0.15) is 25.7 Å². The minimum atomic E-state index is -0.283. The maximum absolute atomic E-state index is 12.1. The monoisotopic (exact) mass is 240 g/mol. The fourth-order valence-corrected chi connectivity index (χ4v) is 2.33. The molecule has 1 atom stereocenters.